The first-order valence-electron chi connectivity index (χ1n) is 10.4. The summed E-state index contributed by atoms with van der Waals surface area (Å²) in [6.45, 7) is 0.695. The summed E-state index contributed by atoms with van der Waals surface area (Å²) in [6.07, 6.45) is -4.30. The van der Waals surface area contributed by atoms with Crippen molar-refractivity contribution in [1.29, 1.82) is 0 Å². The summed E-state index contributed by atoms with van der Waals surface area (Å²) in [5, 5.41) is 13.9. The Kier molecular flexibility index (Phi) is 10.3. The Morgan fingerprint density at radius 3 is 2.44 bits per heavy atom. The largest absolute Gasteiger partial charge is 0.481 e. The van der Waals surface area contributed by atoms with Crippen molar-refractivity contribution in [1.82, 2.24) is 5.32 Å². The predicted molar refractivity (Wildman–Crippen MR) is 117 cm³/mol. The number of hydrogen-bond donors (Lipinski definition) is 3. The molecule has 1 amide bonds. The van der Waals surface area contributed by atoms with Crippen molar-refractivity contribution in [3.8, 4) is 0 Å². The van der Waals surface area contributed by atoms with Crippen molar-refractivity contribution in [2.45, 2.75) is 25.4 Å². The number of alkyl halides is 3. The van der Waals surface area contributed by atoms with Crippen LogP contribution in [0.3, 0.4) is 0 Å². The molecule has 8 nitrogen and oxygen atoms in total. The molecule has 2 aromatic rings. The first-order chi connectivity index (χ1) is 16.2. The molecule has 0 aliphatic rings. The van der Waals surface area contributed by atoms with Gasteiger partial charge < -0.3 is 25.2 Å². The highest BCUT2D eigenvalue weighted by Gasteiger charge is 2.30. The van der Waals surface area contributed by atoms with Gasteiger partial charge in [-0.3, -0.25) is 9.59 Å². The van der Waals surface area contributed by atoms with Gasteiger partial charge in [-0.05, 0) is 36.8 Å². The van der Waals surface area contributed by atoms with Crippen LogP contribution in [0.2, 0.25) is 0 Å². The van der Waals surface area contributed by atoms with Gasteiger partial charge in [-0.15, -0.1) is 0 Å². The summed E-state index contributed by atoms with van der Waals surface area (Å²) in [5.74, 6) is -2.06. The highest BCUT2D eigenvalue weighted by Crippen LogP contribution is 2.32. The Morgan fingerprint density at radius 2 is 1.71 bits per heavy atom. The van der Waals surface area contributed by atoms with Gasteiger partial charge in [-0.25, -0.2) is 4.79 Å². The molecule has 184 valence electrons. The normalized spacial score (nSPS) is 11.0. The number of carbonyl (C=O) groups excluding carboxylic acids is 2. The molecule has 0 aromatic heterocycles. The number of halogens is 3. The number of anilines is 2. The summed E-state index contributed by atoms with van der Waals surface area (Å²) in [6, 6.07) is 10.9. The lowest BCUT2D eigenvalue weighted by molar-refractivity contribution is -0.139. The minimum Gasteiger partial charge on any atom is -0.481 e. The van der Waals surface area contributed by atoms with Crippen LogP contribution in [0.5, 0.6) is 0 Å². The second-order valence-electron chi connectivity index (χ2n) is 7.09. The van der Waals surface area contributed by atoms with E-state index in [9.17, 15) is 27.6 Å². The molecule has 0 atom stereocenters. The van der Waals surface area contributed by atoms with Crippen molar-refractivity contribution in [3.05, 3.63) is 59.7 Å². The third-order valence-electron chi connectivity index (χ3n) is 4.43. The highest BCUT2D eigenvalue weighted by molar-refractivity contribution is 5.96. The van der Waals surface area contributed by atoms with Gasteiger partial charge in [0.05, 0.1) is 29.8 Å². The van der Waals surface area contributed by atoms with E-state index in [4.69, 9.17) is 14.6 Å². The van der Waals surface area contributed by atoms with Gasteiger partial charge in [0.15, 0.2) is 0 Å². The Balaban J connectivity index is 1.74. The molecule has 0 spiro atoms. The van der Waals surface area contributed by atoms with Gasteiger partial charge in [0.2, 0.25) is 5.91 Å². The van der Waals surface area contributed by atoms with E-state index in [-0.39, 0.29) is 43.2 Å². The molecule has 2 aromatic carbocycles. The van der Waals surface area contributed by atoms with Crippen LogP contribution >= 0.6 is 0 Å². The maximum absolute atomic E-state index is 12.9. The Hall–Kier alpha value is -3.60. The van der Waals surface area contributed by atoms with Crippen LogP contribution in [0, 0.1) is 0 Å². The number of carboxylic acids is 1. The Bertz CT molecular complexity index is 981. The van der Waals surface area contributed by atoms with Crippen LogP contribution in [0.25, 0.3) is 0 Å². The molecule has 0 radical (unpaired) electrons. The summed E-state index contributed by atoms with van der Waals surface area (Å²) in [4.78, 5) is 34.2. The minimum absolute atomic E-state index is 0.0400. The molecule has 0 saturated carbocycles. The fourth-order valence-corrected chi connectivity index (χ4v) is 2.78. The molecule has 2 rings (SSSR count). The topological polar surface area (TPSA) is 114 Å². The van der Waals surface area contributed by atoms with Crippen LogP contribution < -0.4 is 10.6 Å². The Labute approximate surface area is 194 Å². The zero-order chi connectivity index (χ0) is 25.0. The maximum Gasteiger partial charge on any atom is 0.416 e. The molecule has 0 aliphatic heterocycles. The molecule has 0 unspecified atom stereocenters. The van der Waals surface area contributed by atoms with E-state index < -0.39 is 23.7 Å². The van der Waals surface area contributed by atoms with E-state index >= 15 is 0 Å². The smallest absolute Gasteiger partial charge is 0.416 e. The quantitative estimate of drug-likeness (QED) is 0.292. The van der Waals surface area contributed by atoms with Crippen LogP contribution in [-0.2, 0) is 25.2 Å². The molecule has 3 N–H and O–H groups in total. The van der Waals surface area contributed by atoms with Crippen LogP contribution in [0.15, 0.2) is 48.5 Å². The fourth-order valence-electron chi connectivity index (χ4n) is 2.78. The van der Waals surface area contributed by atoms with Crippen LogP contribution in [-0.4, -0.2) is 49.3 Å². The number of ether oxygens (including phenoxy) is 2. The van der Waals surface area contributed by atoms with Crippen molar-refractivity contribution in [2.75, 3.05) is 31.7 Å². The number of nitrogens with one attached hydrogen (secondary N) is 2. The molecule has 0 saturated heterocycles. The van der Waals surface area contributed by atoms with Gasteiger partial charge in [-0.2, -0.15) is 13.2 Å². The zero-order valence-electron chi connectivity index (χ0n) is 18.2. The number of carbonyl (C=O) groups is 3. The fraction of sp³-hybridized carbons (Fsp3) is 0.348. The molecule has 0 heterocycles. The lowest BCUT2D eigenvalue weighted by Crippen LogP contribution is -2.25. The Morgan fingerprint density at radius 1 is 0.941 bits per heavy atom. The summed E-state index contributed by atoms with van der Waals surface area (Å²) in [5.41, 5.74) is -0.182. The van der Waals surface area contributed by atoms with Gasteiger partial charge in [-0.1, -0.05) is 18.2 Å². The van der Waals surface area contributed by atoms with E-state index in [1.807, 2.05) is 0 Å². The van der Waals surface area contributed by atoms with E-state index in [1.54, 1.807) is 18.2 Å². The lowest BCUT2D eigenvalue weighted by atomic mass is 10.1. The van der Waals surface area contributed by atoms with Crippen molar-refractivity contribution in [2.24, 2.45) is 0 Å². The minimum atomic E-state index is -4.48. The average molecular weight is 482 g/mol. The first-order valence-corrected chi connectivity index (χ1v) is 10.4. The number of rotatable bonds is 13. The standard InChI is InChI=1S/C23H25F3N2O6/c24-23(25,26)16-5-3-6-17(15-16)28-19-8-2-1-7-18(19)22(32)34-14-13-33-12-4-11-27-20(29)9-10-21(30)31/h1-3,5-8,15,28H,4,9-14H2,(H,27,29)(H,30,31). The monoisotopic (exact) mass is 482 g/mol. The van der Waals surface area contributed by atoms with E-state index in [0.717, 1.165) is 12.1 Å². The van der Waals surface area contributed by atoms with Crippen LogP contribution in [0.1, 0.15) is 35.2 Å². The second-order valence-corrected chi connectivity index (χ2v) is 7.09. The first kappa shape index (κ1) is 26.7. The molecule has 0 fully saturated rings. The average Bonchev–Trinajstić information content (AvgIpc) is 2.79. The molecular weight excluding hydrogens is 457 g/mol. The second kappa shape index (κ2) is 13.2. The van der Waals surface area contributed by atoms with E-state index in [2.05, 4.69) is 10.6 Å². The van der Waals surface area contributed by atoms with Gasteiger partial charge in [0.1, 0.15) is 6.61 Å². The number of para-hydroxylation sites is 1. The number of carboxylic acid groups (broad SMARTS) is 1. The zero-order valence-corrected chi connectivity index (χ0v) is 18.2. The summed E-state index contributed by atoms with van der Waals surface area (Å²) < 4.78 is 49.3. The van der Waals surface area contributed by atoms with Gasteiger partial charge in [0.25, 0.3) is 0 Å². The predicted octanol–water partition coefficient (Wildman–Crippen LogP) is 3.99. The molecule has 0 aliphatic carbocycles. The molecule has 11 heteroatoms. The highest BCUT2D eigenvalue weighted by atomic mass is 19.4. The molecule has 34 heavy (non-hydrogen) atoms. The van der Waals surface area contributed by atoms with E-state index in [1.165, 1.54) is 18.2 Å². The third kappa shape index (κ3) is 9.49. The number of amides is 1. The van der Waals surface area contributed by atoms with Crippen LogP contribution in [0.4, 0.5) is 24.5 Å². The summed E-state index contributed by atoms with van der Waals surface area (Å²) >= 11 is 0. The SMILES string of the molecule is O=C(O)CCC(=O)NCCCOCCOC(=O)c1ccccc1Nc1cccc(C(F)(F)F)c1. The summed E-state index contributed by atoms with van der Waals surface area (Å²) in [7, 11) is 0. The van der Waals surface area contributed by atoms with Crippen molar-refractivity contribution in [3.63, 3.8) is 0 Å². The number of hydrogen-bond acceptors (Lipinski definition) is 6. The van der Waals surface area contributed by atoms with Gasteiger partial charge >= 0.3 is 18.1 Å². The maximum atomic E-state index is 12.9. The third-order valence-corrected chi connectivity index (χ3v) is 4.43. The number of aliphatic carboxylic acids is 1. The van der Waals surface area contributed by atoms with Crippen molar-refractivity contribution >= 4 is 29.2 Å². The molecular formula is C23H25F3N2O6. The number of esters is 1. The lowest BCUT2D eigenvalue weighted by Gasteiger charge is -2.13. The molecule has 0 bridgehead atoms. The number of benzene rings is 2. The van der Waals surface area contributed by atoms with Crippen molar-refractivity contribution < 1.29 is 42.1 Å². The van der Waals surface area contributed by atoms with E-state index in [0.29, 0.717) is 25.3 Å². The van der Waals surface area contributed by atoms with Gasteiger partial charge in [0, 0.05) is 25.3 Å².